The molecule has 6 heteroatoms. The van der Waals surface area contributed by atoms with Gasteiger partial charge in [0.2, 0.25) is 5.89 Å². The molecule has 2 aromatic rings. The van der Waals surface area contributed by atoms with E-state index >= 15 is 0 Å². The lowest BCUT2D eigenvalue weighted by molar-refractivity contribution is 0.516. The van der Waals surface area contributed by atoms with Gasteiger partial charge in [-0.15, -0.1) is 16.7 Å². The van der Waals surface area contributed by atoms with E-state index in [0.29, 0.717) is 29.2 Å². The van der Waals surface area contributed by atoms with Crippen LogP contribution in [-0.4, -0.2) is 16.1 Å². The van der Waals surface area contributed by atoms with E-state index in [9.17, 15) is 0 Å². The van der Waals surface area contributed by atoms with Crippen molar-refractivity contribution in [1.29, 1.82) is 0 Å². The standard InChI is InChI=1S/C11H11Cl2N3O/c1-7-3-2-4-8(13)10(7)14-11-16-15-9(17-11)5-6-12/h2-4H,5-6H2,1H3,(H,14,16). The lowest BCUT2D eigenvalue weighted by atomic mass is 10.2. The van der Waals surface area contributed by atoms with Crippen molar-refractivity contribution in [1.82, 2.24) is 10.2 Å². The Kier molecular flexibility index (Phi) is 3.86. The van der Waals surface area contributed by atoms with E-state index in [1.54, 1.807) is 6.07 Å². The second-order valence-corrected chi connectivity index (χ2v) is 4.28. The second-order valence-electron chi connectivity index (χ2n) is 3.50. The van der Waals surface area contributed by atoms with Gasteiger partial charge in [-0.3, -0.25) is 0 Å². The van der Waals surface area contributed by atoms with Crippen molar-refractivity contribution in [3.8, 4) is 0 Å². The van der Waals surface area contributed by atoms with Gasteiger partial charge >= 0.3 is 6.01 Å². The normalized spacial score (nSPS) is 10.5. The van der Waals surface area contributed by atoms with E-state index < -0.39 is 0 Å². The third-order valence-corrected chi connectivity index (χ3v) is 2.73. The van der Waals surface area contributed by atoms with Crippen LogP contribution in [0.4, 0.5) is 11.7 Å². The Morgan fingerprint density at radius 3 is 2.88 bits per heavy atom. The summed E-state index contributed by atoms with van der Waals surface area (Å²) in [7, 11) is 0. The molecule has 0 fully saturated rings. The molecule has 0 unspecified atom stereocenters. The highest BCUT2D eigenvalue weighted by Crippen LogP contribution is 2.28. The first-order valence-corrected chi connectivity index (χ1v) is 6.02. The van der Waals surface area contributed by atoms with Crippen LogP contribution in [0.15, 0.2) is 22.6 Å². The number of alkyl halides is 1. The number of nitrogens with one attached hydrogen (secondary N) is 1. The average molecular weight is 272 g/mol. The maximum atomic E-state index is 6.07. The molecule has 0 spiro atoms. The lowest BCUT2D eigenvalue weighted by Gasteiger charge is -2.07. The van der Waals surface area contributed by atoms with Gasteiger partial charge in [0.15, 0.2) is 0 Å². The van der Waals surface area contributed by atoms with Crippen LogP contribution in [0.2, 0.25) is 5.02 Å². The molecular formula is C11H11Cl2N3O. The monoisotopic (exact) mass is 271 g/mol. The number of hydrogen-bond acceptors (Lipinski definition) is 4. The molecule has 17 heavy (non-hydrogen) atoms. The maximum absolute atomic E-state index is 6.07. The van der Waals surface area contributed by atoms with E-state index in [1.165, 1.54) is 0 Å². The fourth-order valence-corrected chi connectivity index (χ4v) is 1.81. The van der Waals surface area contributed by atoms with Crippen LogP contribution < -0.4 is 5.32 Å². The SMILES string of the molecule is Cc1cccc(Cl)c1Nc1nnc(CCCl)o1. The van der Waals surface area contributed by atoms with Crippen LogP contribution in [0.1, 0.15) is 11.5 Å². The zero-order valence-corrected chi connectivity index (χ0v) is 10.7. The highest BCUT2D eigenvalue weighted by atomic mass is 35.5. The molecule has 1 aromatic carbocycles. The van der Waals surface area contributed by atoms with Gasteiger partial charge in [0, 0.05) is 12.3 Å². The predicted molar refractivity (Wildman–Crippen MR) is 68.2 cm³/mol. The minimum Gasteiger partial charge on any atom is -0.408 e. The molecule has 1 aromatic heterocycles. The van der Waals surface area contributed by atoms with E-state index in [1.807, 2.05) is 19.1 Å². The van der Waals surface area contributed by atoms with Gasteiger partial charge in [0.1, 0.15) is 0 Å². The molecule has 0 radical (unpaired) electrons. The van der Waals surface area contributed by atoms with Crippen molar-refractivity contribution in [2.75, 3.05) is 11.2 Å². The molecule has 0 atom stereocenters. The van der Waals surface area contributed by atoms with Crippen molar-refractivity contribution >= 4 is 34.9 Å². The molecule has 0 saturated carbocycles. The van der Waals surface area contributed by atoms with E-state index in [0.717, 1.165) is 11.3 Å². The Bertz CT molecular complexity index is 493. The topological polar surface area (TPSA) is 51.0 Å². The van der Waals surface area contributed by atoms with Crippen LogP contribution in [0.5, 0.6) is 0 Å². The largest absolute Gasteiger partial charge is 0.408 e. The quantitative estimate of drug-likeness (QED) is 0.864. The second kappa shape index (κ2) is 5.38. The van der Waals surface area contributed by atoms with Gasteiger partial charge in [-0.25, -0.2) is 0 Å². The first-order chi connectivity index (χ1) is 8.20. The first kappa shape index (κ1) is 12.2. The Balaban J connectivity index is 2.19. The maximum Gasteiger partial charge on any atom is 0.320 e. The Labute approximate surface area is 109 Å². The summed E-state index contributed by atoms with van der Waals surface area (Å²) in [6, 6.07) is 5.95. The molecule has 0 saturated heterocycles. The Morgan fingerprint density at radius 1 is 1.35 bits per heavy atom. The predicted octanol–water partition coefficient (Wildman–Crippen LogP) is 3.56. The minimum absolute atomic E-state index is 0.321. The van der Waals surface area contributed by atoms with Gasteiger partial charge in [0.05, 0.1) is 10.7 Å². The molecule has 0 aliphatic carbocycles. The van der Waals surface area contributed by atoms with Crippen molar-refractivity contribution < 1.29 is 4.42 Å². The van der Waals surface area contributed by atoms with Gasteiger partial charge in [-0.05, 0) is 18.6 Å². The van der Waals surface area contributed by atoms with Crippen LogP contribution in [0.3, 0.4) is 0 Å². The molecule has 0 amide bonds. The number of rotatable bonds is 4. The lowest BCUT2D eigenvalue weighted by Crippen LogP contribution is -1.94. The third kappa shape index (κ3) is 2.90. The van der Waals surface area contributed by atoms with Crippen LogP contribution in [0, 0.1) is 6.92 Å². The van der Waals surface area contributed by atoms with E-state index in [-0.39, 0.29) is 0 Å². The molecule has 2 rings (SSSR count). The zero-order chi connectivity index (χ0) is 12.3. The molecule has 90 valence electrons. The molecule has 1 heterocycles. The van der Waals surface area contributed by atoms with Crippen LogP contribution in [-0.2, 0) is 6.42 Å². The first-order valence-electron chi connectivity index (χ1n) is 5.11. The molecule has 0 bridgehead atoms. The summed E-state index contributed by atoms with van der Waals surface area (Å²) < 4.78 is 5.36. The number of anilines is 2. The fraction of sp³-hybridized carbons (Fsp3) is 0.273. The Hall–Kier alpha value is -1.26. The molecule has 0 aliphatic rings. The summed E-state index contributed by atoms with van der Waals surface area (Å²) in [5, 5.41) is 11.3. The van der Waals surface area contributed by atoms with Crippen molar-refractivity contribution in [3.05, 3.63) is 34.7 Å². The van der Waals surface area contributed by atoms with Gasteiger partial charge < -0.3 is 9.73 Å². The summed E-state index contributed by atoms with van der Waals surface area (Å²) in [4.78, 5) is 0. The van der Waals surface area contributed by atoms with Crippen molar-refractivity contribution in [3.63, 3.8) is 0 Å². The summed E-state index contributed by atoms with van der Waals surface area (Å²) in [6.07, 6.45) is 0.553. The number of benzene rings is 1. The number of aryl methyl sites for hydroxylation is 2. The highest BCUT2D eigenvalue weighted by Gasteiger charge is 2.09. The zero-order valence-electron chi connectivity index (χ0n) is 9.20. The molecule has 1 N–H and O–H groups in total. The van der Waals surface area contributed by atoms with Crippen LogP contribution in [0.25, 0.3) is 0 Å². The summed E-state index contributed by atoms with van der Waals surface area (Å²) in [5.41, 5.74) is 1.78. The van der Waals surface area contributed by atoms with Gasteiger partial charge in [-0.2, -0.15) is 0 Å². The third-order valence-electron chi connectivity index (χ3n) is 2.23. The van der Waals surface area contributed by atoms with Gasteiger partial charge in [-0.1, -0.05) is 28.8 Å². The van der Waals surface area contributed by atoms with E-state index in [4.69, 9.17) is 27.6 Å². The van der Waals surface area contributed by atoms with Crippen molar-refractivity contribution in [2.24, 2.45) is 0 Å². The number of hydrogen-bond donors (Lipinski definition) is 1. The van der Waals surface area contributed by atoms with Gasteiger partial charge in [0.25, 0.3) is 0 Å². The fourth-order valence-electron chi connectivity index (χ4n) is 1.38. The summed E-state index contributed by atoms with van der Waals surface area (Å²) in [5.74, 6) is 0.958. The van der Waals surface area contributed by atoms with Crippen LogP contribution >= 0.6 is 23.2 Å². The number of nitrogens with zero attached hydrogens (tertiary/aromatic N) is 2. The highest BCUT2D eigenvalue weighted by molar-refractivity contribution is 6.33. The Morgan fingerprint density at radius 2 is 2.18 bits per heavy atom. The summed E-state index contributed by atoms with van der Waals surface area (Å²) >= 11 is 11.7. The summed E-state index contributed by atoms with van der Waals surface area (Å²) in [6.45, 7) is 1.95. The number of para-hydroxylation sites is 1. The number of aromatic nitrogens is 2. The van der Waals surface area contributed by atoms with Crippen molar-refractivity contribution in [2.45, 2.75) is 13.3 Å². The molecular weight excluding hydrogens is 261 g/mol. The average Bonchev–Trinajstić information content (AvgIpc) is 2.72. The molecule has 0 aliphatic heterocycles. The van der Waals surface area contributed by atoms with E-state index in [2.05, 4.69) is 15.5 Å². The number of halogens is 2. The minimum atomic E-state index is 0.321. The molecule has 4 nitrogen and oxygen atoms in total. The smallest absolute Gasteiger partial charge is 0.320 e.